The number of rotatable bonds is 0. The molecule has 14 heavy (non-hydrogen) atoms. The van der Waals surface area contributed by atoms with Crippen LogP contribution in [-0.4, -0.2) is 0 Å². The van der Waals surface area contributed by atoms with Gasteiger partial charge in [-0.15, -0.1) is 0 Å². The van der Waals surface area contributed by atoms with Crippen molar-refractivity contribution in [3.63, 3.8) is 0 Å². The van der Waals surface area contributed by atoms with E-state index in [1.807, 2.05) is 12.1 Å². The van der Waals surface area contributed by atoms with Crippen LogP contribution in [0.2, 0.25) is 0 Å². The van der Waals surface area contributed by atoms with Crippen LogP contribution < -0.4 is 5.73 Å². The van der Waals surface area contributed by atoms with E-state index in [0.29, 0.717) is 0 Å². The minimum atomic E-state index is 0.110. The number of hydrogen-bond donors (Lipinski definition) is 1. The highest BCUT2D eigenvalue weighted by Crippen LogP contribution is 2.33. The summed E-state index contributed by atoms with van der Waals surface area (Å²) in [4.78, 5) is 0. The van der Waals surface area contributed by atoms with E-state index in [4.69, 9.17) is 11.0 Å². The van der Waals surface area contributed by atoms with E-state index in [-0.39, 0.29) is 6.04 Å². The van der Waals surface area contributed by atoms with E-state index in [2.05, 4.69) is 22.0 Å². The highest BCUT2D eigenvalue weighted by Gasteiger charge is 2.20. The van der Waals surface area contributed by atoms with Crippen molar-refractivity contribution in [2.24, 2.45) is 5.73 Å². The third-order valence-corrected chi connectivity index (χ3v) is 3.41. The summed E-state index contributed by atoms with van der Waals surface area (Å²) in [6.45, 7) is 0. The number of benzene rings is 1. The molecule has 1 aromatic rings. The SMILES string of the molecule is N#Cc1c(Br)ccc2c1CCC[C@@H]2N. The first-order valence-corrected chi connectivity index (χ1v) is 5.50. The third kappa shape index (κ3) is 1.45. The molecule has 2 nitrogen and oxygen atoms in total. The molecule has 0 unspecified atom stereocenters. The first-order chi connectivity index (χ1) is 6.74. The van der Waals surface area contributed by atoms with Gasteiger partial charge in [0.15, 0.2) is 0 Å². The van der Waals surface area contributed by atoms with Crippen molar-refractivity contribution >= 4 is 15.9 Å². The highest BCUT2D eigenvalue weighted by molar-refractivity contribution is 9.10. The average molecular weight is 251 g/mol. The summed E-state index contributed by atoms with van der Waals surface area (Å²) < 4.78 is 0.882. The molecule has 0 saturated carbocycles. The minimum absolute atomic E-state index is 0.110. The zero-order chi connectivity index (χ0) is 10.1. The van der Waals surface area contributed by atoms with Crippen LogP contribution >= 0.6 is 15.9 Å². The predicted octanol–water partition coefficient (Wildman–Crippen LogP) is 2.66. The third-order valence-electron chi connectivity index (χ3n) is 2.75. The summed E-state index contributed by atoms with van der Waals surface area (Å²) in [5.41, 5.74) is 9.05. The Kier molecular flexibility index (Phi) is 2.58. The summed E-state index contributed by atoms with van der Waals surface area (Å²) in [5, 5.41) is 9.04. The van der Waals surface area contributed by atoms with Crippen LogP contribution in [0.3, 0.4) is 0 Å². The van der Waals surface area contributed by atoms with E-state index in [9.17, 15) is 0 Å². The maximum absolute atomic E-state index is 9.04. The van der Waals surface area contributed by atoms with E-state index in [1.54, 1.807) is 0 Å². The molecular weight excluding hydrogens is 240 g/mol. The van der Waals surface area contributed by atoms with Gasteiger partial charge in [-0.25, -0.2) is 0 Å². The van der Waals surface area contributed by atoms with Gasteiger partial charge in [-0.1, -0.05) is 6.07 Å². The lowest BCUT2D eigenvalue weighted by Crippen LogP contribution is -2.18. The standard InChI is InChI=1S/C11H11BrN2/c12-10-5-4-8-7(9(10)6-13)2-1-3-11(8)14/h4-5,11H,1-3,14H2/t11-/m0/s1. The van der Waals surface area contributed by atoms with Crippen LogP contribution in [0.25, 0.3) is 0 Å². The number of fused-ring (bicyclic) bond motifs is 1. The lowest BCUT2D eigenvalue weighted by Gasteiger charge is -2.23. The molecule has 0 fully saturated rings. The number of nitrogens with zero attached hydrogens (tertiary/aromatic N) is 1. The molecule has 0 saturated heterocycles. The molecule has 0 amide bonds. The van der Waals surface area contributed by atoms with Crippen LogP contribution in [0.5, 0.6) is 0 Å². The molecule has 0 radical (unpaired) electrons. The quantitative estimate of drug-likeness (QED) is 0.770. The van der Waals surface area contributed by atoms with Gasteiger partial charge in [-0.3, -0.25) is 0 Å². The second kappa shape index (κ2) is 3.72. The maximum atomic E-state index is 9.04. The molecule has 0 aromatic heterocycles. The molecule has 0 spiro atoms. The van der Waals surface area contributed by atoms with Gasteiger partial charge in [0.2, 0.25) is 0 Å². The van der Waals surface area contributed by atoms with Gasteiger partial charge in [-0.2, -0.15) is 5.26 Å². The summed E-state index contributed by atoms with van der Waals surface area (Å²) in [6.07, 6.45) is 3.09. The van der Waals surface area contributed by atoms with Gasteiger partial charge >= 0.3 is 0 Å². The van der Waals surface area contributed by atoms with Crippen LogP contribution in [-0.2, 0) is 6.42 Å². The molecule has 1 aliphatic carbocycles. The van der Waals surface area contributed by atoms with Gasteiger partial charge in [0, 0.05) is 10.5 Å². The largest absolute Gasteiger partial charge is 0.324 e. The van der Waals surface area contributed by atoms with E-state index in [1.165, 1.54) is 0 Å². The molecule has 72 valence electrons. The van der Waals surface area contributed by atoms with Gasteiger partial charge in [0.05, 0.1) is 5.56 Å². The molecule has 1 aromatic carbocycles. The highest BCUT2D eigenvalue weighted by atomic mass is 79.9. The van der Waals surface area contributed by atoms with E-state index >= 15 is 0 Å². The molecule has 2 rings (SSSR count). The van der Waals surface area contributed by atoms with Crippen molar-refractivity contribution < 1.29 is 0 Å². The second-order valence-corrected chi connectivity index (χ2v) is 4.46. The lowest BCUT2D eigenvalue weighted by molar-refractivity contribution is 0.569. The number of halogens is 1. The molecule has 2 N–H and O–H groups in total. The minimum Gasteiger partial charge on any atom is -0.324 e. The number of nitrogens with two attached hydrogens (primary N) is 1. The Bertz CT molecular complexity index is 406. The monoisotopic (exact) mass is 250 g/mol. The summed E-state index contributed by atoms with van der Waals surface area (Å²) in [6, 6.07) is 6.30. The van der Waals surface area contributed by atoms with Crippen molar-refractivity contribution in [1.29, 1.82) is 5.26 Å². The fourth-order valence-corrected chi connectivity index (χ4v) is 2.49. The van der Waals surface area contributed by atoms with Crippen LogP contribution in [0.15, 0.2) is 16.6 Å². The van der Waals surface area contributed by atoms with Crippen LogP contribution in [0.1, 0.15) is 35.6 Å². The Hall–Kier alpha value is -0.850. The van der Waals surface area contributed by atoms with Gasteiger partial charge < -0.3 is 5.73 Å². The normalized spacial score (nSPS) is 19.9. The van der Waals surface area contributed by atoms with Gasteiger partial charge in [0.1, 0.15) is 6.07 Å². The molecule has 1 atom stereocenters. The van der Waals surface area contributed by atoms with Gasteiger partial charge in [-0.05, 0) is 52.4 Å². The van der Waals surface area contributed by atoms with Crippen LogP contribution in [0, 0.1) is 11.3 Å². The van der Waals surface area contributed by atoms with Crippen molar-refractivity contribution in [2.45, 2.75) is 25.3 Å². The van der Waals surface area contributed by atoms with Gasteiger partial charge in [0.25, 0.3) is 0 Å². The maximum Gasteiger partial charge on any atom is 0.101 e. The number of nitriles is 1. The van der Waals surface area contributed by atoms with Crippen molar-refractivity contribution in [3.8, 4) is 6.07 Å². The molecule has 0 aliphatic heterocycles. The number of hydrogen-bond acceptors (Lipinski definition) is 2. The van der Waals surface area contributed by atoms with Crippen LogP contribution in [0.4, 0.5) is 0 Å². The van der Waals surface area contributed by atoms with E-state index < -0.39 is 0 Å². The fourth-order valence-electron chi connectivity index (χ4n) is 2.03. The first-order valence-electron chi connectivity index (χ1n) is 4.71. The lowest BCUT2D eigenvalue weighted by atomic mass is 9.85. The second-order valence-electron chi connectivity index (χ2n) is 3.60. The zero-order valence-electron chi connectivity index (χ0n) is 7.76. The molecule has 1 aliphatic rings. The summed E-state index contributed by atoms with van der Waals surface area (Å²) in [7, 11) is 0. The van der Waals surface area contributed by atoms with Crippen molar-refractivity contribution in [3.05, 3.63) is 33.3 Å². The Morgan fingerprint density at radius 2 is 2.29 bits per heavy atom. The molecular formula is C11H11BrN2. The van der Waals surface area contributed by atoms with E-state index in [0.717, 1.165) is 40.4 Å². The Balaban J connectivity index is 2.63. The molecule has 0 heterocycles. The predicted molar refractivity (Wildman–Crippen MR) is 58.7 cm³/mol. The summed E-state index contributed by atoms with van der Waals surface area (Å²) in [5.74, 6) is 0. The molecule has 3 heteroatoms. The first kappa shape index (κ1) is 9.70. The molecule has 0 bridgehead atoms. The Morgan fingerprint density at radius 1 is 1.50 bits per heavy atom. The fraction of sp³-hybridized carbons (Fsp3) is 0.364. The average Bonchev–Trinajstić information content (AvgIpc) is 2.18. The van der Waals surface area contributed by atoms with Crippen molar-refractivity contribution in [1.82, 2.24) is 0 Å². The Labute approximate surface area is 91.9 Å². The summed E-state index contributed by atoms with van der Waals surface area (Å²) >= 11 is 3.39. The topological polar surface area (TPSA) is 49.8 Å². The zero-order valence-corrected chi connectivity index (χ0v) is 9.34. The van der Waals surface area contributed by atoms with Crippen molar-refractivity contribution in [2.75, 3.05) is 0 Å². The Morgan fingerprint density at radius 3 is 3.00 bits per heavy atom. The smallest absolute Gasteiger partial charge is 0.101 e.